The van der Waals surface area contributed by atoms with Crippen molar-refractivity contribution >= 4 is 15.9 Å². The molecule has 1 fully saturated rings. The fourth-order valence-electron chi connectivity index (χ4n) is 3.38. The Kier molecular flexibility index (Phi) is 4.22. The highest BCUT2D eigenvalue weighted by Crippen LogP contribution is 2.37. The summed E-state index contributed by atoms with van der Waals surface area (Å²) in [7, 11) is 0. The highest BCUT2D eigenvalue weighted by Gasteiger charge is 2.29. The van der Waals surface area contributed by atoms with Gasteiger partial charge in [-0.15, -0.1) is 0 Å². The number of hydrogen-bond acceptors (Lipinski definition) is 3. The molecule has 19 heavy (non-hydrogen) atoms. The van der Waals surface area contributed by atoms with Gasteiger partial charge in [0.2, 0.25) is 0 Å². The van der Waals surface area contributed by atoms with Crippen LogP contribution >= 0.6 is 15.9 Å². The molecule has 1 aromatic carbocycles. The van der Waals surface area contributed by atoms with Crippen molar-refractivity contribution in [3.05, 3.63) is 33.8 Å². The van der Waals surface area contributed by atoms with E-state index in [4.69, 9.17) is 5.11 Å². The lowest BCUT2D eigenvalue weighted by molar-refractivity contribution is 0.0837. The molecule has 1 atom stereocenters. The van der Waals surface area contributed by atoms with E-state index < -0.39 is 0 Å². The lowest BCUT2D eigenvalue weighted by Gasteiger charge is -2.38. The monoisotopic (exact) mass is 324 g/mol. The van der Waals surface area contributed by atoms with Crippen molar-refractivity contribution in [3.8, 4) is 0 Å². The quantitative estimate of drug-likeness (QED) is 0.921. The van der Waals surface area contributed by atoms with Crippen molar-refractivity contribution in [1.82, 2.24) is 9.80 Å². The van der Waals surface area contributed by atoms with Gasteiger partial charge in [-0.05, 0) is 36.1 Å². The van der Waals surface area contributed by atoms with Crippen LogP contribution in [0.1, 0.15) is 23.6 Å². The number of hydrogen-bond donors (Lipinski definition) is 1. The minimum absolute atomic E-state index is 0.278. The largest absolute Gasteiger partial charge is 0.395 e. The van der Waals surface area contributed by atoms with Crippen LogP contribution < -0.4 is 0 Å². The van der Waals surface area contributed by atoms with E-state index in [2.05, 4.69) is 43.9 Å². The first-order valence-corrected chi connectivity index (χ1v) is 7.93. The maximum atomic E-state index is 8.99. The molecule has 0 radical (unpaired) electrons. The first kappa shape index (κ1) is 13.6. The van der Waals surface area contributed by atoms with Crippen molar-refractivity contribution < 1.29 is 5.11 Å². The molecule has 1 aromatic rings. The van der Waals surface area contributed by atoms with Gasteiger partial charge in [0, 0.05) is 43.2 Å². The SMILES string of the molecule is OCCN1CCN([C@H]2CCc3cc(Br)ccc32)CC1. The Bertz CT molecular complexity index is 444. The zero-order valence-corrected chi connectivity index (χ0v) is 12.8. The van der Waals surface area contributed by atoms with Crippen LogP contribution in [0, 0.1) is 0 Å². The summed E-state index contributed by atoms with van der Waals surface area (Å²) >= 11 is 3.56. The zero-order chi connectivity index (χ0) is 13.2. The zero-order valence-electron chi connectivity index (χ0n) is 11.2. The number of halogens is 1. The average molecular weight is 325 g/mol. The van der Waals surface area contributed by atoms with Crippen LogP contribution in [-0.4, -0.2) is 54.2 Å². The van der Waals surface area contributed by atoms with Crippen LogP contribution in [0.25, 0.3) is 0 Å². The predicted molar refractivity (Wildman–Crippen MR) is 80.3 cm³/mol. The average Bonchev–Trinajstić information content (AvgIpc) is 2.83. The van der Waals surface area contributed by atoms with Gasteiger partial charge in [0.05, 0.1) is 6.61 Å². The summed E-state index contributed by atoms with van der Waals surface area (Å²) in [6.45, 7) is 5.52. The standard InChI is InChI=1S/C15H21BrN2O/c16-13-2-3-14-12(11-13)1-4-15(14)18-7-5-17(6-8-18)9-10-19/h2-3,11,15,19H,1,4-10H2/t15-/m0/s1. The molecule has 0 bridgehead atoms. The molecule has 3 rings (SSSR count). The Morgan fingerprint density at radius 2 is 2.00 bits per heavy atom. The van der Waals surface area contributed by atoms with Crippen LogP contribution in [-0.2, 0) is 6.42 Å². The third-order valence-electron chi connectivity index (χ3n) is 4.42. The highest BCUT2D eigenvalue weighted by atomic mass is 79.9. The molecule has 1 heterocycles. The minimum Gasteiger partial charge on any atom is -0.395 e. The van der Waals surface area contributed by atoms with Crippen LogP contribution in [0.4, 0.5) is 0 Å². The normalized spacial score (nSPS) is 24.6. The predicted octanol–water partition coefficient (Wildman–Crippen LogP) is 2.05. The maximum Gasteiger partial charge on any atom is 0.0558 e. The van der Waals surface area contributed by atoms with Gasteiger partial charge in [0.15, 0.2) is 0 Å². The molecule has 0 spiro atoms. The first-order valence-electron chi connectivity index (χ1n) is 7.13. The van der Waals surface area contributed by atoms with E-state index in [0.29, 0.717) is 6.04 Å². The van der Waals surface area contributed by atoms with Crippen molar-refractivity contribution in [2.45, 2.75) is 18.9 Å². The number of nitrogens with zero attached hydrogens (tertiary/aromatic N) is 2. The third kappa shape index (κ3) is 2.87. The van der Waals surface area contributed by atoms with Crippen molar-refractivity contribution in [2.24, 2.45) is 0 Å². The highest BCUT2D eigenvalue weighted by molar-refractivity contribution is 9.10. The number of piperazine rings is 1. The van der Waals surface area contributed by atoms with E-state index in [1.54, 1.807) is 0 Å². The van der Waals surface area contributed by atoms with Crippen molar-refractivity contribution in [1.29, 1.82) is 0 Å². The van der Waals surface area contributed by atoms with Crippen LogP contribution in [0.2, 0.25) is 0 Å². The number of aryl methyl sites for hydroxylation is 1. The van der Waals surface area contributed by atoms with Gasteiger partial charge in [-0.1, -0.05) is 22.0 Å². The molecule has 1 saturated heterocycles. The van der Waals surface area contributed by atoms with E-state index in [1.165, 1.54) is 28.4 Å². The Labute approximate surface area is 123 Å². The Balaban J connectivity index is 1.66. The molecule has 4 heteroatoms. The summed E-state index contributed by atoms with van der Waals surface area (Å²) in [5.74, 6) is 0. The second-order valence-corrected chi connectivity index (χ2v) is 6.41. The Morgan fingerprint density at radius 1 is 1.21 bits per heavy atom. The van der Waals surface area contributed by atoms with Crippen LogP contribution in [0.15, 0.2) is 22.7 Å². The van der Waals surface area contributed by atoms with E-state index in [-0.39, 0.29) is 6.61 Å². The summed E-state index contributed by atoms with van der Waals surface area (Å²) in [4.78, 5) is 4.97. The third-order valence-corrected chi connectivity index (χ3v) is 4.91. The van der Waals surface area contributed by atoms with E-state index in [9.17, 15) is 0 Å². The maximum absolute atomic E-state index is 8.99. The summed E-state index contributed by atoms with van der Waals surface area (Å²) in [5.41, 5.74) is 3.04. The van der Waals surface area contributed by atoms with Crippen molar-refractivity contribution in [2.75, 3.05) is 39.3 Å². The van der Waals surface area contributed by atoms with Crippen LogP contribution in [0.3, 0.4) is 0 Å². The van der Waals surface area contributed by atoms with Gasteiger partial charge in [-0.3, -0.25) is 9.80 Å². The molecule has 104 valence electrons. The lowest BCUT2D eigenvalue weighted by Crippen LogP contribution is -2.47. The molecule has 0 unspecified atom stereocenters. The molecule has 3 nitrogen and oxygen atoms in total. The molecule has 1 aliphatic carbocycles. The molecule has 0 aromatic heterocycles. The van der Waals surface area contributed by atoms with Crippen molar-refractivity contribution in [3.63, 3.8) is 0 Å². The number of aliphatic hydroxyl groups is 1. The minimum atomic E-state index is 0.278. The second kappa shape index (κ2) is 5.92. The topological polar surface area (TPSA) is 26.7 Å². The molecule has 2 aliphatic rings. The van der Waals surface area contributed by atoms with Crippen LogP contribution in [0.5, 0.6) is 0 Å². The number of fused-ring (bicyclic) bond motifs is 1. The molecule has 0 amide bonds. The molecule has 1 aliphatic heterocycles. The number of aliphatic hydroxyl groups excluding tert-OH is 1. The smallest absolute Gasteiger partial charge is 0.0558 e. The Hall–Kier alpha value is -0.420. The van der Waals surface area contributed by atoms with E-state index in [1.807, 2.05) is 0 Å². The van der Waals surface area contributed by atoms with Gasteiger partial charge < -0.3 is 5.11 Å². The van der Waals surface area contributed by atoms with E-state index >= 15 is 0 Å². The number of rotatable bonds is 3. The van der Waals surface area contributed by atoms with Gasteiger partial charge >= 0.3 is 0 Å². The number of β-amino-alcohol motifs (C(OH)–C–C–N with tert-alkyl or cyclic N) is 1. The summed E-state index contributed by atoms with van der Waals surface area (Å²) in [6, 6.07) is 7.34. The summed E-state index contributed by atoms with van der Waals surface area (Å²) in [6.07, 6.45) is 2.46. The summed E-state index contributed by atoms with van der Waals surface area (Å²) < 4.78 is 1.19. The van der Waals surface area contributed by atoms with E-state index in [0.717, 1.165) is 32.7 Å². The van der Waals surface area contributed by atoms with Gasteiger partial charge in [0.1, 0.15) is 0 Å². The number of benzene rings is 1. The molecule has 1 N–H and O–H groups in total. The second-order valence-electron chi connectivity index (χ2n) is 5.50. The molecular formula is C15H21BrN2O. The van der Waals surface area contributed by atoms with Gasteiger partial charge in [-0.2, -0.15) is 0 Å². The fraction of sp³-hybridized carbons (Fsp3) is 0.600. The van der Waals surface area contributed by atoms with Gasteiger partial charge in [-0.25, -0.2) is 0 Å². The fourth-order valence-corrected chi connectivity index (χ4v) is 3.79. The lowest BCUT2D eigenvalue weighted by atomic mass is 10.1. The van der Waals surface area contributed by atoms with Gasteiger partial charge in [0.25, 0.3) is 0 Å². The molecule has 0 saturated carbocycles. The molecular weight excluding hydrogens is 304 g/mol. The first-order chi connectivity index (χ1) is 9.28. The Morgan fingerprint density at radius 3 is 2.74 bits per heavy atom. The summed E-state index contributed by atoms with van der Waals surface area (Å²) in [5, 5.41) is 8.99.